The normalized spacial score (nSPS) is 10.9. The van der Waals surface area contributed by atoms with Crippen molar-refractivity contribution < 1.29 is 14.3 Å². The van der Waals surface area contributed by atoms with Crippen LogP contribution in [0.5, 0.6) is 0 Å². The molecule has 0 aliphatic rings. The number of amides is 2. The second-order valence-corrected chi connectivity index (χ2v) is 8.25. The Morgan fingerprint density at radius 1 is 1.00 bits per heavy atom. The smallest absolute Gasteiger partial charge is 0.323 e. The van der Waals surface area contributed by atoms with Crippen LogP contribution in [0.25, 0.3) is 22.5 Å². The second kappa shape index (κ2) is 11.4. The molecule has 1 heterocycles. The average Bonchev–Trinajstić information content (AvgIpc) is 3.43. The van der Waals surface area contributed by atoms with Crippen molar-refractivity contribution in [3.8, 4) is 22.5 Å². The van der Waals surface area contributed by atoms with Gasteiger partial charge >= 0.3 is 6.03 Å². The number of aromatic amines is 1. The molecule has 3 N–H and O–H groups in total. The Kier molecular flexibility index (Phi) is 7.89. The molecular formula is C26H29N7O3. The number of carbonyl (C=O) groups excluding carboxylic acids is 1. The van der Waals surface area contributed by atoms with Crippen LogP contribution in [0, 0.1) is 6.92 Å². The average molecular weight is 488 g/mol. The number of aromatic nitrogens is 4. The molecule has 0 aliphatic heterocycles. The van der Waals surface area contributed by atoms with Crippen LogP contribution in [-0.2, 0) is 9.47 Å². The summed E-state index contributed by atoms with van der Waals surface area (Å²) in [6.45, 7) is 2.46. The molecule has 0 bridgehead atoms. The summed E-state index contributed by atoms with van der Waals surface area (Å²) in [4.78, 5) is 14.9. The van der Waals surface area contributed by atoms with Crippen molar-refractivity contribution >= 4 is 23.1 Å². The first-order valence-corrected chi connectivity index (χ1v) is 11.4. The van der Waals surface area contributed by atoms with Crippen LogP contribution in [0.1, 0.15) is 5.56 Å². The predicted octanol–water partition coefficient (Wildman–Crippen LogP) is 4.54. The number of hydrogen-bond acceptors (Lipinski definition) is 7. The van der Waals surface area contributed by atoms with Gasteiger partial charge in [-0.25, -0.2) is 9.89 Å². The van der Waals surface area contributed by atoms with Crippen molar-refractivity contribution in [3.63, 3.8) is 0 Å². The summed E-state index contributed by atoms with van der Waals surface area (Å²) in [5.41, 5.74) is 5.89. The minimum absolute atomic E-state index is 0.353. The first-order valence-electron chi connectivity index (χ1n) is 11.4. The van der Waals surface area contributed by atoms with Gasteiger partial charge in [0.05, 0.1) is 17.9 Å². The van der Waals surface area contributed by atoms with Crippen molar-refractivity contribution in [1.82, 2.24) is 20.6 Å². The van der Waals surface area contributed by atoms with Crippen molar-refractivity contribution in [2.75, 3.05) is 43.3 Å². The second-order valence-electron chi connectivity index (χ2n) is 8.25. The Morgan fingerprint density at radius 3 is 2.39 bits per heavy atom. The first kappa shape index (κ1) is 24.8. The third-order valence-electron chi connectivity index (χ3n) is 5.75. The number of H-pyrrole nitrogens is 1. The molecule has 0 aliphatic carbocycles. The molecule has 0 atom stereocenters. The number of likely N-dealkylation sites (N-methyl/N-ethyl adjacent to an activating group) is 1. The van der Waals surface area contributed by atoms with Crippen LogP contribution >= 0.6 is 0 Å². The summed E-state index contributed by atoms with van der Waals surface area (Å²) in [5, 5.41) is 20.2. The molecule has 10 nitrogen and oxygen atoms in total. The van der Waals surface area contributed by atoms with Gasteiger partial charge in [-0.15, -0.1) is 5.10 Å². The van der Waals surface area contributed by atoms with E-state index in [1.165, 1.54) is 0 Å². The van der Waals surface area contributed by atoms with E-state index >= 15 is 0 Å². The molecule has 4 aromatic rings. The maximum Gasteiger partial charge on any atom is 0.323 e. The van der Waals surface area contributed by atoms with Crippen molar-refractivity contribution in [3.05, 3.63) is 72.3 Å². The molecule has 0 spiro atoms. The highest BCUT2D eigenvalue weighted by Gasteiger charge is 2.18. The summed E-state index contributed by atoms with van der Waals surface area (Å²) in [6, 6.07) is 20.9. The Bertz CT molecular complexity index is 1290. The fraction of sp³-hybridized carbons (Fsp3) is 0.231. The molecule has 36 heavy (non-hydrogen) atoms. The fourth-order valence-electron chi connectivity index (χ4n) is 3.84. The number of nitrogens with zero attached hydrogens (tertiary/aromatic N) is 4. The molecule has 1 aromatic heterocycles. The lowest BCUT2D eigenvalue weighted by Gasteiger charge is -2.26. The monoisotopic (exact) mass is 487 g/mol. The van der Waals surface area contributed by atoms with Crippen molar-refractivity contribution in [2.24, 2.45) is 0 Å². The van der Waals surface area contributed by atoms with E-state index in [2.05, 4.69) is 31.3 Å². The number of rotatable bonds is 9. The molecule has 10 heteroatoms. The van der Waals surface area contributed by atoms with Crippen molar-refractivity contribution in [2.45, 2.75) is 13.2 Å². The molecule has 0 saturated carbocycles. The van der Waals surface area contributed by atoms with E-state index in [9.17, 15) is 4.79 Å². The first-order chi connectivity index (χ1) is 17.5. The number of nitrogens with one attached hydrogen (secondary N) is 3. The van der Waals surface area contributed by atoms with Crippen LogP contribution in [-0.4, -0.2) is 60.8 Å². The van der Waals surface area contributed by atoms with Gasteiger partial charge in [0.25, 0.3) is 0 Å². The number of ether oxygens (including phenoxy) is 2. The van der Waals surface area contributed by atoms with E-state index in [1.807, 2.05) is 85.6 Å². The number of carbonyl (C=O) groups is 1. The quantitative estimate of drug-likeness (QED) is 0.297. The van der Waals surface area contributed by atoms with Gasteiger partial charge in [0, 0.05) is 32.5 Å². The topological polar surface area (TPSA) is 117 Å². The van der Waals surface area contributed by atoms with Gasteiger partial charge in [0.2, 0.25) is 0 Å². The standard InChI is InChI=1S/C26H29N7O3/c1-17-9-12-19(13-10-17)27-26(34)28-22-15-18(11-14-23(22)33(2)16-24(35-3)36-4)20-7-5-6-8-21(20)25-29-31-32-30-25/h5-15,24H,16H2,1-4H3,(H2,27,28,34)(H,29,30,31,32). The molecule has 0 fully saturated rings. The summed E-state index contributed by atoms with van der Waals surface area (Å²) in [7, 11) is 5.10. The molecule has 2 amide bonds. The van der Waals surface area contributed by atoms with Gasteiger partial charge < -0.3 is 25.0 Å². The molecule has 0 radical (unpaired) electrons. The maximum absolute atomic E-state index is 13.0. The fourth-order valence-corrected chi connectivity index (χ4v) is 3.84. The Morgan fingerprint density at radius 2 is 1.72 bits per heavy atom. The van der Waals surface area contributed by atoms with E-state index in [0.29, 0.717) is 23.7 Å². The largest absolute Gasteiger partial charge is 0.368 e. The number of anilines is 3. The zero-order chi connectivity index (χ0) is 25.5. The number of urea groups is 1. The van der Waals surface area contributed by atoms with E-state index in [0.717, 1.165) is 27.9 Å². The lowest BCUT2D eigenvalue weighted by Crippen LogP contribution is -2.32. The van der Waals surface area contributed by atoms with Crippen LogP contribution in [0.3, 0.4) is 0 Å². The number of tetrazole rings is 1. The summed E-state index contributed by atoms with van der Waals surface area (Å²) in [5.74, 6) is 0.557. The highest BCUT2D eigenvalue weighted by Crippen LogP contribution is 2.35. The van der Waals surface area contributed by atoms with Gasteiger partial charge in [-0.3, -0.25) is 0 Å². The number of aryl methyl sites for hydroxylation is 1. The highest BCUT2D eigenvalue weighted by atomic mass is 16.7. The Labute approximate surface area is 209 Å². The lowest BCUT2D eigenvalue weighted by molar-refractivity contribution is -0.0944. The SMILES string of the molecule is COC(CN(C)c1ccc(-c2ccccc2-c2nnn[nH]2)cc1NC(=O)Nc1ccc(C)cc1)OC. The summed E-state index contributed by atoms with van der Waals surface area (Å²) >= 11 is 0. The molecular weight excluding hydrogens is 458 g/mol. The third-order valence-corrected chi connectivity index (χ3v) is 5.75. The van der Waals surface area contributed by atoms with Crippen molar-refractivity contribution in [1.29, 1.82) is 0 Å². The maximum atomic E-state index is 13.0. The van der Waals surface area contributed by atoms with Gasteiger partial charge in [-0.1, -0.05) is 48.0 Å². The van der Waals surface area contributed by atoms with Gasteiger partial charge in [-0.2, -0.15) is 0 Å². The van der Waals surface area contributed by atoms with E-state index in [1.54, 1.807) is 14.2 Å². The van der Waals surface area contributed by atoms with Crippen LogP contribution in [0.15, 0.2) is 66.7 Å². The molecule has 186 valence electrons. The van der Waals surface area contributed by atoms with E-state index < -0.39 is 6.29 Å². The zero-order valence-electron chi connectivity index (χ0n) is 20.6. The van der Waals surface area contributed by atoms with E-state index in [-0.39, 0.29) is 6.03 Å². The summed E-state index contributed by atoms with van der Waals surface area (Å²) < 4.78 is 10.7. The van der Waals surface area contributed by atoms with Gasteiger partial charge in [0.1, 0.15) is 0 Å². The molecule has 3 aromatic carbocycles. The predicted molar refractivity (Wildman–Crippen MR) is 140 cm³/mol. The lowest BCUT2D eigenvalue weighted by atomic mass is 9.98. The number of hydrogen-bond donors (Lipinski definition) is 3. The van der Waals surface area contributed by atoms with Gasteiger partial charge in [-0.05, 0) is 52.7 Å². The molecule has 4 rings (SSSR count). The molecule has 0 saturated heterocycles. The minimum Gasteiger partial charge on any atom is -0.368 e. The highest BCUT2D eigenvalue weighted by molar-refractivity contribution is 6.02. The van der Waals surface area contributed by atoms with Crippen LogP contribution < -0.4 is 15.5 Å². The summed E-state index contributed by atoms with van der Waals surface area (Å²) in [6.07, 6.45) is -0.427. The Balaban J connectivity index is 1.69. The third kappa shape index (κ3) is 5.85. The van der Waals surface area contributed by atoms with Crippen LogP contribution in [0.2, 0.25) is 0 Å². The number of methoxy groups -OCH3 is 2. The molecule has 0 unspecified atom stereocenters. The Hall–Kier alpha value is -4.28. The minimum atomic E-state index is -0.427. The zero-order valence-corrected chi connectivity index (χ0v) is 20.6. The van der Waals surface area contributed by atoms with Gasteiger partial charge in [0.15, 0.2) is 12.1 Å². The van der Waals surface area contributed by atoms with E-state index in [4.69, 9.17) is 9.47 Å². The van der Waals surface area contributed by atoms with Crippen LogP contribution in [0.4, 0.5) is 21.9 Å². The number of benzene rings is 3.